The van der Waals surface area contributed by atoms with E-state index in [1.165, 1.54) is 78.9 Å². The molecule has 0 spiro atoms. The van der Waals surface area contributed by atoms with Crippen molar-refractivity contribution in [3.8, 4) is 0 Å². The highest BCUT2D eigenvalue weighted by atomic mass is 19.2. The monoisotopic (exact) mass is 1250 g/mol. The summed E-state index contributed by atoms with van der Waals surface area (Å²) in [5, 5.41) is 97.6. The zero-order valence-corrected chi connectivity index (χ0v) is 47.6. The zero-order chi connectivity index (χ0) is 64.1. The average Bonchev–Trinajstić information content (AvgIpc) is 1.43. The van der Waals surface area contributed by atoms with Gasteiger partial charge in [-0.3, -0.25) is 0 Å². The molecule has 464 valence electrons. The van der Waals surface area contributed by atoms with Gasteiger partial charge in [0.15, 0.2) is 0 Å². The van der Waals surface area contributed by atoms with Crippen molar-refractivity contribution in [3.63, 3.8) is 0 Å². The highest BCUT2D eigenvalue weighted by Gasteiger charge is 2.46. The number of hydrogen-bond acceptors (Lipinski definition) is 17. The first-order valence-electron chi connectivity index (χ1n) is 27.2. The predicted molar refractivity (Wildman–Crippen MR) is 322 cm³/mol. The SMILES string of the molecule is Cc1ccc(B2OB(c3ccc(F)cc3CO)OB(c3ccc(F)cc3CO)O2)c(CO)c1.O.OB1OCc2cc(F)ccc21.OB1OCc2cc(F)ccc21.OCc1cc(F)ccc1B(O)OB(OB(O)c1ccc(F)cc1CO)c1ccc(F)cc1CO. The quantitative estimate of drug-likeness (QED) is 0.0395. The Morgan fingerprint density at radius 3 is 1.01 bits per heavy atom. The molecule has 3 aliphatic rings. The molecule has 1 fully saturated rings. The van der Waals surface area contributed by atoms with Gasteiger partial charge in [-0.2, -0.15) is 0 Å². The summed E-state index contributed by atoms with van der Waals surface area (Å²) in [5.74, 6) is -3.61. The van der Waals surface area contributed by atoms with E-state index in [-0.39, 0.29) is 67.9 Å². The van der Waals surface area contributed by atoms with Crippen molar-refractivity contribution in [2.45, 2.75) is 59.8 Å². The van der Waals surface area contributed by atoms with Crippen LogP contribution in [0.3, 0.4) is 0 Å². The van der Waals surface area contributed by atoms with Gasteiger partial charge in [0.2, 0.25) is 0 Å². The molecule has 0 saturated carbocycles. The number of aliphatic hydroxyl groups excluding tert-OH is 6. The molecule has 1 saturated heterocycles. The Morgan fingerprint density at radius 1 is 0.378 bits per heavy atom. The minimum Gasteiger partial charge on any atom is -0.445 e. The molecule has 0 radical (unpaired) electrons. The number of fused-ring (bicyclic) bond motifs is 2. The van der Waals surface area contributed by atoms with Crippen molar-refractivity contribution in [2.75, 3.05) is 0 Å². The normalized spacial score (nSPS) is 13.1. The average molecular weight is 1250 g/mol. The van der Waals surface area contributed by atoms with Crippen LogP contribution in [0.25, 0.3) is 0 Å². The summed E-state index contributed by atoms with van der Waals surface area (Å²) in [6.45, 7) is -0.534. The molecule has 0 aromatic heterocycles. The van der Waals surface area contributed by atoms with Crippen LogP contribution in [0.4, 0.5) is 30.7 Å². The van der Waals surface area contributed by atoms with E-state index in [2.05, 4.69) is 0 Å². The van der Waals surface area contributed by atoms with Crippen LogP contribution in [0.1, 0.15) is 50.1 Å². The van der Waals surface area contributed by atoms with Gasteiger partial charge in [0, 0.05) is 0 Å². The minimum absolute atomic E-state index is 0. The summed E-state index contributed by atoms with van der Waals surface area (Å²) in [6.07, 6.45) is 0. The number of aliphatic hydroxyl groups is 6. The highest BCUT2D eigenvalue weighted by Crippen LogP contribution is 2.18. The second-order valence-electron chi connectivity index (χ2n) is 20.1. The highest BCUT2D eigenvalue weighted by molar-refractivity contribution is 6.87. The zero-order valence-electron chi connectivity index (χ0n) is 47.6. The molecule has 0 aliphatic carbocycles. The van der Waals surface area contributed by atoms with Gasteiger partial charge in [-0.15, -0.1) is 0 Å². The van der Waals surface area contributed by atoms with Gasteiger partial charge in [-0.25, -0.2) is 30.7 Å². The van der Waals surface area contributed by atoms with Crippen LogP contribution in [-0.4, -0.2) is 113 Å². The molecule has 33 heteroatoms. The van der Waals surface area contributed by atoms with Gasteiger partial charge < -0.3 is 88.4 Å². The van der Waals surface area contributed by atoms with Crippen LogP contribution in [0.2, 0.25) is 0 Å². The second kappa shape index (κ2) is 32.9. The Hall–Kier alpha value is -6.93. The van der Waals surface area contributed by atoms with Gasteiger partial charge in [0.05, 0.1) is 52.9 Å². The maximum Gasteiger partial charge on any atom is 0.491 e. The minimum atomic E-state index is -1.80. The van der Waals surface area contributed by atoms with E-state index in [1.807, 2.05) is 13.0 Å². The molecule has 90 heavy (non-hydrogen) atoms. The van der Waals surface area contributed by atoms with Crippen LogP contribution in [0, 0.1) is 47.6 Å². The molecule has 12 N–H and O–H groups in total. The molecular weight excluding hydrogens is 1190 g/mol. The molecular formula is C57H55B8F7O18. The maximum absolute atomic E-state index is 13.7. The molecule has 0 atom stereocenters. The summed E-state index contributed by atoms with van der Waals surface area (Å²) >= 11 is 0. The number of rotatable bonds is 16. The number of hydrogen-bond donors (Lipinski definition) is 10. The summed E-state index contributed by atoms with van der Waals surface area (Å²) in [5.41, 5.74) is 6.32. The third-order valence-electron chi connectivity index (χ3n) is 14.2. The molecule has 8 aromatic rings. The van der Waals surface area contributed by atoms with E-state index in [0.29, 0.717) is 46.1 Å². The first-order valence-corrected chi connectivity index (χ1v) is 27.2. The van der Waals surface area contributed by atoms with Crippen molar-refractivity contribution in [1.29, 1.82) is 0 Å². The van der Waals surface area contributed by atoms with Gasteiger partial charge in [0.25, 0.3) is 0 Å². The van der Waals surface area contributed by atoms with Crippen LogP contribution in [0.5, 0.6) is 0 Å². The Kier molecular flexibility index (Phi) is 25.8. The fourth-order valence-electron chi connectivity index (χ4n) is 9.66. The van der Waals surface area contributed by atoms with Crippen molar-refractivity contribution in [2.24, 2.45) is 0 Å². The van der Waals surface area contributed by atoms with E-state index >= 15 is 0 Å². The largest absolute Gasteiger partial charge is 0.491 e. The molecule has 0 amide bonds. The first-order chi connectivity index (χ1) is 42.7. The van der Waals surface area contributed by atoms with Crippen LogP contribution in [0.15, 0.2) is 146 Å². The lowest BCUT2D eigenvalue weighted by atomic mass is 9.59. The van der Waals surface area contributed by atoms with Crippen LogP contribution < -0.4 is 43.7 Å². The number of benzene rings is 8. The summed E-state index contributed by atoms with van der Waals surface area (Å²) in [6, 6.07) is 31.3. The van der Waals surface area contributed by atoms with E-state index in [4.69, 9.17) is 42.2 Å². The van der Waals surface area contributed by atoms with Gasteiger partial charge >= 0.3 is 56.9 Å². The molecule has 3 heterocycles. The van der Waals surface area contributed by atoms with E-state index in [0.717, 1.165) is 53.1 Å². The topological polar surface area (TPSA) is 298 Å². The summed E-state index contributed by atoms with van der Waals surface area (Å²) < 4.78 is 132. The van der Waals surface area contributed by atoms with E-state index < -0.39 is 119 Å². The van der Waals surface area contributed by atoms with Crippen molar-refractivity contribution in [3.05, 3.63) is 236 Å². The Labute approximate surface area is 514 Å². The number of halogens is 7. The lowest BCUT2D eigenvalue weighted by Crippen LogP contribution is -2.62. The van der Waals surface area contributed by atoms with Crippen molar-refractivity contribution in [1.82, 2.24) is 0 Å². The summed E-state index contributed by atoms with van der Waals surface area (Å²) in [4.78, 5) is 0. The van der Waals surface area contributed by atoms with Crippen LogP contribution in [-0.2, 0) is 85.0 Å². The Morgan fingerprint density at radius 2 is 0.656 bits per heavy atom. The van der Waals surface area contributed by atoms with Crippen molar-refractivity contribution >= 4 is 101 Å². The fourth-order valence-corrected chi connectivity index (χ4v) is 9.66. The smallest absolute Gasteiger partial charge is 0.445 e. The van der Waals surface area contributed by atoms with Gasteiger partial charge in [-0.05, 0) is 180 Å². The molecule has 0 bridgehead atoms. The number of aryl methyl sites for hydroxylation is 1. The molecule has 0 unspecified atom stereocenters. The standard InChI is InChI=1S/C22H21B3F2O6.C21H20B3F3O7.2C7H6BFO2.H2O/c1-14-2-5-20(15(8-14)11-28)23-31-24(21-6-3-18(26)9-16(21)12-29)33-25(32-23)22-7-4-19(27)10-17(22)13-30;25-16-1-4-19(13(7-16)10-28)22(31)33-24(21-6-3-18(27)9-15(21)12-30)34-23(32)20-5-2-17(26)8-14(20)11-29;2*9-6-1-2-7-5(3-6)4-11-8(7)10;/h2-10,28-30H,11-13H2,1H3;1-9,28-32H,10-12H2;2*1-3,10H,4H2;1H2. The van der Waals surface area contributed by atoms with Crippen molar-refractivity contribution < 1.29 is 119 Å². The first kappa shape index (κ1) is 70.5. The lowest BCUT2D eigenvalue weighted by Gasteiger charge is -2.33. The molecule has 3 aliphatic heterocycles. The van der Waals surface area contributed by atoms with Crippen LogP contribution >= 0.6 is 0 Å². The Bertz CT molecular complexity index is 3460. The molecule has 8 aromatic carbocycles. The lowest BCUT2D eigenvalue weighted by molar-refractivity contribution is 0.274. The third kappa shape index (κ3) is 17.8. The molecule has 11 rings (SSSR count). The summed E-state index contributed by atoms with van der Waals surface area (Å²) in [7, 11) is -10.1. The fraction of sp³-hybridized carbons (Fsp3) is 0.158. The van der Waals surface area contributed by atoms with E-state index in [9.17, 15) is 71.4 Å². The second-order valence-corrected chi connectivity index (χ2v) is 20.1. The van der Waals surface area contributed by atoms with E-state index in [1.54, 1.807) is 24.3 Å². The Balaban J connectivity index is 0.000000189. The van der Waals surface area contributed by atoms with Gasteiger partial charge in [-0.1, -0.05) is 66.2 Å². The third-order valence-corrected chi connectivity index (χ3v) is 14.2. The molecule has 18 nitrogen and oxygen atoms in total. The maximum atomic E-state index is 13.7. The van der Waals surface area contributed by atoms with Gasteiger partial charge in [0.1, 0.15) is 40.7 Å². The predicted octanol–water partition coefficient (Wildman–Crippen LogP) is -1.35.